The fourth-order valence-electron chi connectivity index (χ4n) is 7.89. The minimum Gasteiger partial charge on any atom is -0.489 e. The van der Waals surface area contributed by atoms with E-state index in [1.165, 1.54) is 6.42 Å². The Hall–Kier alpha value is -3.72. The van der Waals surface area contributed by atoms with E-state index in [-0.39, 0.29) is 30.2 Å². The number of ether oxygens (including phenoxy) is 1. The summed E-state index contributed by atoms with van der Waals surface area (Å²) in [6.45, 7) is 4.23. The number of imide groups is 1. The summed E-state index contributed by atoms with van der Waals surface area (Å²) < 4.78 is 6.62. The average Bonchev–Trinajstić information content (AvgIpc) is 3.32. The van der Waals surface area contributed by atoms with Crippen LogP contribution in [0.25, 0.3) is 0 Å². The SMILES string of the molecule is O=C1CCC(N2Cc3cc(O[C@H]4CCCC[C@H]4N4CC(C5CCN(C(=O)c6ccccc6)CC5)C4)ccc3C2=O)C(=O)N1. The number of nitrogens with zero attached hydrogens (tertiary/aromatic N) is 3. The van der Waals surface area contributed by atoms with Gasteiger partial charge in [0.2, 0.25) is 11.8 Å². The first kappa shape index (κ1) is 28.1. The minimum atomic E-state index is -0.611. The van der Waals surface area contributed by atoms with Crippen molar-refractivity contribution >= 4 is 23.6 Å². The zero-order valence-corrected chi connectivity index (χ0v) is 24.6. The second kappa shape index (κ2) is 11.8. The highest BCUT2D eigenvalue weighted by molar-refractivity contribution is 6.05. The maximum absolute atomic E-state index is 13.1. The molecule has 1 unspecified atom stereocenters. The lowest BCUT2D eigenvalue weighted by Gasteiger charge is -2.51. The van der Waals surface area contributed by atoms with Crippen molar-refractivity contribution in [3.63, 3.8) is 0 Å². The Morgan fingerprint density at radius 3 is 2.40 bits per heavy atom. The molecule has 9 heteroatoms. The molecule has 2 aromatic carbocycles. The van der Waals surface area contributed by atoms with E-state index in [1.54, 1.807) is 4.90 Å². The Kier molecular flexibility index (Phi) is 7.67. The van der Waals surface area contributed by atoms with Gasteiger partial charge in [-0.15, -0.1) is 0 Å². The molecule has 226 valence electrons. The van der Waals surface area contributed by atoms with Crippen molar-refractivity contribution in [3.05, 3.63) is 65.2 Å². The molecule has 0 bridgehead atoms. The van der Waals surface area contributed by atoms with Crippen LogP contribution in [0.3, 0.4) is 0 Å². The van der Waals surface area contributed by atoms with Crippen LogP contribution in [0.2, 0.25) is 0 Å². The molecule has 4 amide bonds. The fraction of sp³-hybridized carbons (Fsp3) is 0.529. The molecule has 3 saturated heterocycles. The molecule has 0 aromatic heterocycles. The van der Waals surface area contributed by atoms with Gasteiger partial charge in [-0.05, 0) is 86.3 Å². The van der Waals surface area contributed by atoms with Gasteiger partial charge in [0.25, 0.3) is 11.8 Å². The van der Waals surface area contributed by atoms with Gasteiger partial charge < -0.3 is 14.5 Å². The Balaban J connectivity index is 0.931. The zero-order chi connectivity index (χ0) is 29.5. The predicted molar refractivity (Wildman–Crippen MR) is 159 cm³/mol. The van der Waals surface area contributed by atoms with Crippen LogP contribution in [0, 0.1) is 11.8 Å². The smallest absolute Gasteiger partial charge is 0.255 e. The first-order valence-electron chi connectivity index (χ1n) is 16.0. The first-order valence-corrected chi connectivity index (χ1v) is 16.0. The van der Waals surface area contributed by atoms with Gasteiger partial charge in [0.15, 0.2) is 0 Å². The van der Waals surface area contributed by atoms with Crippen LogP contribution in [0.15, 0.2) is 48.5 Å². The van der Waals surface area contributed by atoms with Gasteiger partial charge in [-0.2, -0.15) is 0 Å². The normalized spacial score (nSPS) is 27.1. The Bertz CT molecular complexity index is 1400. The maximum Gasteiger partial charge on any atom is 0.255 e. The van der Waals surface area contributed by atoms with E-state index in [2.05, 4.69) is 10.2 Å². The topological polar surface area (TPSA) is 99.3 Å². The lowest BCUT2D eigenvalue weighted by atomic mass is 9.77. The standard InChI is InChI=1S/C34H40N4O5/c39-31-13-12-29(32(40)35-31)38-21-24-18-26(10-11-27(24)34(38)42)43-30-9-5-4-8-28(30)37-19-25(20-37)22-14-16-36(17-15-22)33(41)23-6-2-1-3-7-23/h1-3,6-7,10-11,18,22,25,28-30H,4-5,8-9,12-17,19-21H2,(H,35,39,40)/t28-,29?,30+/m1/s1. The summed E-state index contributed by atoms with van der Waals surface area (Å²) in [5.41, 5.74) is 2.26. The molecule has 1 aliphatic carbocycles. The maximum atomic E-state index is 13.1. The number of carbonyl (C=O) groups excluding carboxylic acids is 4. The number of rotatable bonds is 6. The highest BCUT2D eigenvalue weighted by Crippen LogP contribution is 2.38. The number of amides is 4. The number of likely N-dealkylation sites (tertiary alicyclic amines) is 2. The molecule has 9 nitrogen and oxygen atoms in total. The number of hydrogen-bond donors (Lipinski definition) is 1. The molecule has 3 atom stereocenters. The lowest BCUT2D eigenvalue weighted by Crippen LogP contribution is -2.60. The van der Waals surface area contributed by atoms with Gasteiger partial charge in [0.05, 0.1) is 0 Å². The van der Waals surface area contributed by atoms with E-state index in [9.17, 15) is 19.2 Å². The molecular formula is C34H40N4O5. The van der Waals surface area contributed by atoms with Crippen LogP contribution < -0.4 is 10.1 Å². The van der Waals surface area contributed by atoms with Crippen LogP contribution in [-0.4, -0.2) is 82.7 Å². The van der Waals surface area contributed by atoms with Crippen LogP contribution in [0.4, 0.5) is 0 Å². The number of fused-ring (bicyclic) bond motifs is 1. The number of piperidine rings is 2. The van der Waals surface area contributed by atoms with Gasteiger partial charge in [0.1, 0.15) is 17.9 Å². The van der Waals surface area contributed by atoms with Gasteiger partial charge in [-0.1, -0.05) is 24.6 Å². The third-order valence-electron chi connectivity index (χ3n) is 10.4. The molecule has 1 saturated carbocycles. The van der Waals surface area contributed by atoms with Crippen LogP contribution in [0.5, 0.6) is 5.75 Å². The molecular weight excluding hydrogens is 544 g/mol. The molecule has 5 aliphatic rings. The lowest BCUT2D eigenvalue weighted by molar-refractivity contribution is -0.136. The van der Waals surface area contributed by atoms with Crippen molar-refractivity contribution in [2.75, 3.05) is 26.2 Å². The highest BCUT2D eigenvalue weighted by Gasteiger charge is 2.43. The molecule has 1 N–H and O–H groups in total. The third-order valence-corrected chi connectivity index (χ3v) is 10.4. The number of hydrogen-bond acceptors (Lipinski definition) is 6. The van der Waals surface area contributed by atoms with Gasteiger partial charge in [-0.25, -0.2) is 0 Å². The van der Waals surface area contributed by atoms with Crippen molar-refractivity contribution in [2.24, 2.45) is 11.8 Å². The summed E-state index contributed by atoms with van der Waals surface area (Å²) in [7, 11) is 0. The Morgan fingerprint density at radius 1 is 0.860 bits per heavy atom. The summed E-state index contributed by atoms with van der Waals surface area (Å²) in [4.78, 5) is 56.1. The van der Waals surface area contributed by atoms with E-state index in [0.717, 1.165) is 75.2 Å². The number of nitrogens with one attached hydrogen (secondary N) is 1. The van der Waals surface area contributed by atoms with E-state index in [0.29, 0.717) is 36.4 Å². The zero-order valence-electron chi connectivity index (χ0n) is 24.6. The largest absolute Gasteiger partial charge is 0.489 e. The monoisotopic (exact) mass is 584 g/mol. The van der Waals surface area contributed by atoms with E-state index >= 15 is 0 Å². The van der Waals surface area contributed by atoms with E-state index < -0.39 is 11.9 Å². The molecule has 43 heavy (non-hydrogen) atoms. The Morgan fingerprint density at radius 2 is 1.63 bits per heavy atom. The van der Waals surface area contributed by atoms with Crippen LogP contribution in [-0.2, 0) is 16.1 Å². The number of carbonyl (C=O) groups is 4. The van der Waals surface area contributed by atoms with E-state index in [1.807, 2.05) is 53.4 Å². The quantitative estimate of drug-likeness (QED) is 0.521. The third kappa shape index (κ3) is 5.55. The molecule has 4 heterocycles. The molecule has 0 spiro atoms. The molecule has 0 radical (unpaired) electrons. The second-order valence-corrected chi connectivity index (χ2v) is 12.9. The van der Waals surface area contributed by atoms with Crippen LogP contribution in [0.1, 0.15) is 77.6 Å². The van der Waals surface area contributed by atoms with Crippen molar-refractivity contribution in [3.8, 4) is 5.75 Å². The van der Waals surface area contributed by atoms with Gasteiger partial charge >= 0.3 is 0 Å². The molecule has 2 aromatic rings. The Labute approximate surface area is 252 Å². The molecule has 4 aliphatic heterocycles. The van der Waals surface area contributed by atoms with Crippen molar-refractivity contribution in [1.29, 1.82) is 0 Å². The number of benzene rings is 2. The van der Waals surface area contributed by atoms with Crippen molar-refractivity contribution in [2.45, 2.75) is 76.1 Å². The van der Waals surface area contributed by atoms with Gasteiger partial charge in [0, 0.05) is 56.3 Å². The minimum absolute atomic E-state index is 0.112. The highest BCUT2D eigenvalue weighted by atomic mass is 16.5. The summed E-state index contributed by atoms with van der Waals surface area (Å²) in [6, 6.07) is 15.1. The van der Waals surface area contributed by atoms with E-state index in [4.69, 9.17) is 4.74 Å². The van der Waals surface area contributed by atoms with Crippen molar-refractivity contribution < 1.29 is 23.9 Å². The summed E-state index contributed by atoms with van der Waals surface area (Å²) in [6.07, 6.45) is 7.39. The first-order chi connectivity index (χ1) is 20.9. The van der Waals surface area contributed by atoms with Crippen molar-refractivity contribution in [1.82, 2.24) is 20.0 Å². The van der Waals surface area contributed by atoms with Crippen LogP contribution >= 0.6 is 0 Å². The fourth-order valence-corrected chi connectivity index (χ4v) is 7.89. The summed E-state index contributed by atoms with van der Waals surface area (Å²) in [5.74, 6) is 1.45. The summed E-state index contributed by atoms with van der Waals surface area (Å²) >= 11 is 0. The predicted octanol–water partition coefficient (Wildman–Crippen LogP) is 3.62. The molecule has 7 rings (SSSR count). The summed E-state index contributed by atoms with van der Waals surface area (Å²) in [5, 5.41) is 2.37. The second-order valence-electron chi connectivity index (χ2n) is 12.9. The average molecular weight is 585 g/mol. The van der Waals surface area contributed by atoms with Gasteiger partial charge in [-0.3, -0.25) is 29.4 Å². The molecule has 4 fully saturated rings.